The van der Waals surface area contributed by atoms with Crippen LogP contribution in [0.3, 0.4) is 0 Å². The summed E-state index contributed by atoms with van der Waals surface area (Å²) in [6.45, 7) is -1.60. The second kappa shape index (κ2) is 14.9. The van der Waals surface area contributed by atoms with E-state index in [0.717, 1.165) is 0 Å². The lowest BCUT2D eigenvalue weighted by molar-refractivity contribution is -0.481. The highest BCUT2D eigenvalue weighted by Crippen LogP contribution is 2.35. The molecule has 0 aliphatic heterocycles. The lowest BCUT2D eigenvalue weighted by atomic mass is 9.86. The van der Waals surface area contributed by atoms with Crippen molar-refractivity contribution >= 4 is 17.9 Å². The number of hydrogen-bond donors (Lipinski definition) is 0. The summed E-state index contributed by atoms with van der Waals surface area (Å²) in [5.74, 6) is -63.4. The number of halogens is 15. The van der Waals surface area contributed by atoms with Gasteiger partial charge in [-0.25, -0.2) is 39.5 Å². The standard InChI is InChI=1S/C26H8F15NO8/c27-7-10(30)16(36)22(17(37)11(7)31)48-6(43)3-5(26(45)50-24-20(40)14(34)9(29)15(35)21(24)41)4(1-2-42(46)47)25(44)49-23-18(38)12(32)8(28)13(33)19(23)39/h4-5H,1-3H2. The van der Waals surface area contributed by atoms with Gasteiger partial charge in [-0.1, -0.05) is 0 Å². The maximum absolute atomic E-state index is 14.2. The van der Waals surface area contributed by atoms with E-state index in [1.54, 1.807) is 0 Å². The maximum Gasteiger partial charge on any atom is 0.316 e. The van der Waals surface area contributed by atoms with Crippen LogP contribution in [0.2, 0.25) is 0 Å². The zero-order valence-electron chi connectivity index (χ0n) is 23.2. The van der Waals surface area contributed by atoms with Crippen LogP contribution < -0.4 is 14.2 Å². The molecular formula is C26H8F15NO8. The first-order valence-electron chi connectivity index (χ1n) is 12.4. The fourth-order valence-corrected chi connectivity index (χ4v) is 3.83. The van der Waals surface area contributed by atoms with Gasteiger partial charge in [-0.05, 0) is 0 Å². The monoisotopic (exact) mass is 747 g/mol. The van der Waals surface area contributed by atoms with Crippen molar-refractivity contribution in [3.63, 3.8) is 0 Å². The molecule has 3 aromatic carbocycles. The Kier molecular flexibility index (Phi) is 11.6. The topological polar surface area (TPSA) is 122 Å². The molecule has 0 heterocycles. The Morgan fingerprint density at radius 2 is 0.720 bits per heavy atom. The van der Waals surface area contributed by atoms with Crippen molar-refractivity contribution in [2.75, 3.05) is 6.54 Å². The van der Waals surface area contributed by atoms with E-state index in [2.05, 4.69) is 14.2 Å². The molecule has 3 aromatic rings. The minimum absolute atomic E-state index is 1.35. The quantitative estimate of drug-likeness (QED) is 0.0434. The summed E-state index contributed by atoms with van der Waals surface area (Å²) in [5, 5.41) is 11.0. The van der Waals surface area contributed by atoms with Gasteiger partial charge in [0.05, 0.1) is 18.3 Å². The van der Waals surface area contributed by atoms with E-state index in [1.807, 2.05) is 0 Å². The molecule has 0 aliphatic carbocycles. The Morgan fingerprint density at radius 1 is 0.460 bits per heavy atom. The Labute approximate surface area is 263 Å². The van der Waals surface area contributed by atoms with Gasteiger partial charge in [-0.15, -0.1) is 0 Å². The van der Waals surface area contributed by atoms with Gasteiger partial charge in [-0.3, -0.25) is 24.5 Å². The number of ether oxygens (including phenoxy) is 3. The first kappa shape index (κ1) is 38.9. The smallest absolute Gasteiger partial charge is 0.316 e. The molecule has 0 aliphatic rings. The molecule has 0 bridgehead atoms. The number of benzene rings is 3. The molecule has 0 aromatic heterocycles. The molecule has 24 heteroatoms. The predicted molar refractivity (Wildman–Crippen MR) is 124 cm³/mol. The third kappa shape index (κ3) is 7.36. The van der Waals surface area contributed by atoms with Crippen LogP contribution in [0, 0.1) is 109 Å². The molecule has 2 atom stereocenters. The largest absolute Gasteiger partial charge is 0.420 e. The normalized spacial score (nSPS) is 12.4. The fraction of sp³-hybridized carbons (Fsp3) is 0.192. The summed E-state index contributed by atoms with van der Waals surface area (Å²) in [6.07, 6.45) is -3.71. The molecule has 0 N–H and O–H groups in total. The van der Waals surface area contributed by atoms with Crippen molar-refractivity contribution in [1.82, 2.24) is 0 Å². The van der Waals surface area contributed by atoms with Crippen molar-refractivity contribution in [2.24, 2.45) is 11.8 Å². The van der Waals surface area contributed by atoms with Gasteiger partial charge in [0.2, 0.25) is 111 Å². The van der Waals surface area contributed by atoms with Crippen LogP contribution in [0.5, 0.6) is 17.2 Å². The van der Waals surface area contributed by atoms with Gasteiger partial charge in [0.25, 0.3) is 0 Å². The van der Waals surface area contributed by atoms with E-state index in [0.29, 0.717) is 0 Å². The Bertz CT molecular complexity index is 1850. The maximum atomic E-state index is 14.2. The summed E-state index contributed by atoms with van der Waals surface area (Å²) in [6, 6.07) is 0. The number of rotatable bonds is 11. The second-order valence-corrected chi connectivity index (χ2v) is 9.28. The minimum atomic E-state index is -3.13. The molecule has 3 rings (SSSR count). The number of nitrogens with zero attached hydrogens (tertiary/aromatic N) is 1. The summed E-state index contributed by atoms with van der Waals surface area (Å²) in [5.41, 5.74) is 0. The van der Waals surface area contributed by atoms with Gasteiger partial charge in [0, 0.05) is 11.3 Å². The zero-order chi connectivity index (χ0) is 38.1. The van der Waals surface area contributed by atoms with Crippen LogP contribution >= 0.6 is 0 Å². The second-order valence-electron chi connectivity index (χ2n) is 9.28. The third-order valence-electron chi connectivity index (χ3n) is 6.23. The van der Waals surface area contributed by atoms with Gasteiger partial charge < -0.3 is 14.2 Å². The molecule has 0 radical (unpaired) electrons. The van der Waals surface area contributed by atoms with Gasteiger partial charge in [0.1, 0.15) is 0 Å². The average molecular weight is 747 g/mol. The minimum Gasteiger partial charge on any atom is -0.420 e. The van der Waals surface area contributed by atoms with Crippen LogP contribution in [0.15, 0.2) is 0 Å². The van der Waals surface area contributed by atoms with Crippen molar-refractivity contribution in [3.05, 3.63) is 97.4 Å². The number of esters is 3. The number of carbonyl (C=O) groups excluding carboxylic acids is 3. The number of hydrogen-bond acceptors (Lipinski definition) is 8. The lowest BCUT2D eigenvalue weighted by Crippen LogP contribution is -2.39. The van der Waals surface area contributed by atoms with E-state index in [9.17, 15) is 90.4 Å². The predicted octanol–water partition coefficient (Wildman–Crippen LogP) is 6.18. The Hall–Kier alpha value is -5.58. The number of nitro groups is 1. The molecule has 2 unspecified atom stereocenters. The molecule has 0 amide bonds. The van der Waals surface area contributed by atoms with E-state index >= 15 is 0 Å². The van der Waals surface area contributed by atoms with E-state index in [4.69, 9.17) is 0 Å². The lowest BCUT2D eigenvalue weighted by Gasteiger charge is -2.23. The van der Waals surface area contributed by atoms with Crippen LogP contribution in [0.1, 0.15) is 12.8 Å². The Morgan fingerprint density at radius 3 is 1.02 bits per heavy atom. The third-order valence-corrected chi connectivity index (χ3v) is 6.23. The summed E-state index contributed by atoms with van der Waals surface area (Å²) >= 11 is 0. The van der Waals surface area contributed by atoms with Crippen LogP contribution in [0.25, 0.3) is 0 Å². The first-order chi connectivity index (χ1) is 23.1. The summed E-state index contributed by atoms with van der Waals surface area (Å²) in [4.78, 5) is 48.2. The molecule has 9 nitrogen and oxygen atoms in total. The molecule has 50 heavy (non-hydrogen) atoms. The average Bonchev–Trinajstić information content (AvgIpc) is 3.07. The fourth-order valence-electron chi connectivity index (χ4n) is 3.83. The van der Waals surface area contributed by atoms with Gasteiger partial charge >= 0.3 is 17.9 Å². The van der Waals surface area contributed by atoms with Crippen molar-refractivity contribution in [2.45, 2.75) is 12.8 Å². The summed E-state index contributed by atoms with van der Waals surface area (Å²) < 4.78 is 219. The van der Waals surface area contributed by atoms with Gasteiger partial charge in [0.15, 0.2) is 0 Å². The highest BCUT2D eigenvalue weighted by atomic mass is 19.2. The van der Waals surface area contributed by atoms with Crippen molar-refractivity contribution in [1.29, 1.82) is 0 Å². The van der Waals surface area contributed by atoms with E-state index in [1.165, 1.54) is 0 Å². The Balaban J connectivity index is 2.17. The molecule has 0 saturated heterocycles. The zero-order valence-corrected chi connectivity index (χ0v) is 23.2. The molecule has 0 spiro atoms. The first-order valence-corrected chi connectivity index (χ1v) is 12.4. The molecule has 270 valence electrons. The van der Waals surface area contributed by atoms with Crippen LogP contribution in [0.4, 0.5) is 65.9 Å². The highest BCUT2D eigenvalue weighted by Gasteiger charge is 2.43. The van der Waals surface area contributed by atoms with E-state index in [-0.39, 0.29) is 0 Å². The van der Waals surface area contributed by atoms with Crippen LogP contribution in [-0.2, 0) is 14.4 Å². The highest BCUT2D eigenvalue weighted by molar-refractivity contribution is 5.88. The van der Waals surface area contributed by atoms with Gasteiger partial charge in [-0.2, -0.15) is 26.3 Å². The summed E-state index contributed by atoms with van der Waals surface area (Å²) in [7, 11) is 0. The number of carbonyl (C=O) groups is 3. The molecule has 0 saturated carbocycles. The van der Waals surface area contributed by atoms with Crippen molar-refractivity contribution in [3.8, 4) is 17.2 Å². The van der Waals surface area contributed by atoms with E-state index < -0.39 is 159 Å². The molecular weight excluding hydrogens is 739 g/mol. The van der Waals surface area contributed by atoms with Crippen LogP contribution in [-0.4, -0.2) is 29.4 Å². The molecule has 0 fully saturated rings. The SMILES string of the molecule is O=C(CC(C(=O)Oc1c(F)c(F)c(F)c(F)c1F)C(CC[N+](=O)[O-])C(=O)Oc1c(F)c(F)c(F)c(F)c1F)Oc1c(F)c(F)c(F)c(F)c1F. The van der Waals surface area contributed by atoms with Crippen molar-refractivity contribution < 1.29 is 99.4 Å².